The minimum atomic E-state index is 0.351. The van der Waals surface area contributed by atoms with Crippen molar-refractivity contribution >= 4 is 5.91 Å². The maximum absolute atomic E-state index is 11.8. The molecule has 0 spiro atoms. The van der Waals surface area contributed by atoms with E-state index in [1.54, 1.807) is 0 Å². The first-order valence-electron chi connectivity index (χ1n) is 5.26. The highest BCUT2D eigenvalue weighted by Crippen LogP contribution is 2.36. The number of epoxide rings is 1. The zero-order valence-corrected chi connectivity index (χ0v) is 7.74. The van der Waals surface area contributed by atoms with E-state index in [0.717, 1.165) is 26.0 Å². The van der Waals surface area contributed by atoms with Crippen LogP contribution in [0.2, 0.25) is 0 Å². The average molecular weight is 181 g/mol. The molecule has 3 aliphatic heterocycles. The lowest BCUT2D eigenvalue weighted by molar-refractivity contribution is -0.147. The molecule has 1 atom stereocenters. The number of amides is 1. The van der Waals surface area contributed by atoms with Crippen molar-refractivity contribution in [2.24, 2.45) is 5.92 Å². The van der Waals surface area contributed by atoms with Gasteiger partial charge >= 0.3 is 0 Å². The summed E-state index contributed by atoms with van der Waals surface area (Å²) in [4.78, 5) is 13.9. The minimum absolute atomic E-state index is 0.351. The lowest BCUT2D eigenvalue weighted by Crippen LogP contribution is -2.53. The van der Waals surface area contributed by atoms with Gasteiger partial charge in [0.25, 0.3) is 0 Å². The van der Waals surface area contributed by atoms with Crippen molar-refractivity contribution in [1.29, 1.82) is 0 Å². The maximum atomic E-state index is 11.8. The SMILES string of the molecule is O=C1C2CCC(CC2)N1C[C@H]1CO1. The molecule has 3 heteroatoms. The Labute approximate surface area is 78.0 Å². The summed E-state index contributed by atoms with van der Waals surface area (Å²) in [6.07, 6.45) is 5.08. The van der Waals surface area contributed by atoms with Gasteiger partial charge in [0.15, 0.2) is 0 Å². The number of fused-ring (bicyclic) bond motifs is 3. The van der Waals surface area contributed by atoms with Gasteiger partial charge in [0.1, 0.15) is 0 Å². The number of ether oxygens (including phenoxy) is 1. The topological polar surface area (TPSA) is 32.8 Å². The fourth-order valence-corrected chi connectivity index (χ4v) is 2.68. The maximum Gasteiger partial charge on any atom is 0.226 e. The Morgan fingerprint density at radius 1 is 1.31 bits per heavy atom. The molecule has 3 heterocycles. The number of carbonyl (C=O) groups excluding carboxylic acids is 1. The van der Waals surface area contributed by atoms with Crippen molar-refractivity contribution in [3.63, 3.8) is 0 Å². The standard InChI is InChI=1S/C10H15NO2/c12-10-7-1-3-8(4-2-7)11(10)5-9-6-13-9/h7-9H,1-6H2/t7?,8?,9-/m0/s1. The van der Waals surface area contributed by atoms with Gasteiger partial charge in [0.2, 0.25) is 5.91 Å². The number of hydrogen-bond donors (Lipinski definition) is 0. The molecule has 13 heavy (non-hydrogen) atoms. The van der Waals surface area contributed by atoms with Gasteiger partial charge in [0.05, 0.1) is 12.7 Å². The van der Waals surface area contributed by atoms with Gasteiger partial charge in [-0.2, -0.15) is 0 Å². The van der Waals surface area contributed by atoms with Gasteiger partial charge in [-0.1, -0.05) is 0 Å². The molecule has 1 saturated carbocycles. The molecule has 3 nitrogen and oxygen atoms in total. The van der Waals surface area contributed by atoms with Crippen LogP contribution in [0.3, 0.4) is 0 Å². The minimum Gasteiger partial charge on any atom is -0.371 e. The van der Waals surface area contributed by atoms with Crippen molar-refractivity contribution in [3.05, 3.63) is 0 Å². The van der Waals surface area contributed by atoms with E-state index in [1.165, 1.54) is 12.8 Å². The van der Waals surface area contributed by atoms with Crippen molar-refractivity contribution < 1.29 is 9.53 Å². The molecule has 1 aliphatic carbocycles. The van der Waals surface area contributed by atoms with Crippen LogP contribution >= 0.6 is 0 Å². The Morgan fingerprint density at radius 2 is 2.00 bits per heavy atom. The molecule has 3 saturated heterocycles. The van der Waals surface area contributed by atoms with Gasteiger partial charge in [-0.25, -0.2) is 0 Å². The van der Waals surface area contributed by atoms with Crippen LogP contribution in [0.15, 0.2) is 0 Å². The summed E-state index contributed by atoms with van der Waals surface area (Å²) in [5.41, 5.74) is 0. The van der Waals surface area contributed by atoms with Crippen LogP contribution in [0.4, 0.5) is 0 Å². The molecule has 0 radical (unpaired) electrons. The molecule has 4 aliphatic rings. The molecule has 0 aromatic rings. The van der Waals surface area contributed by atoms with E-state index in [-0.39, 0.29) is 0 Å². The van der Waals surface area contributed by atoms with E-state index in [1.807, 2.05) is 0 Å². The third kappa shape index (κ3) is 1.26. The fraction of sp³-hybridized carbons (Fsp3) is 0.900. The summed E-state index contributed by atoms with van der Waals surface area (Å²) in [5.74, 6) is 0.752. The van der Waals surface area contributed by atoms with Gasteiger partial charge < -0.3 is 9.64 Å². The number of hydrogen-bond acceptors (Lipinski definition) is 2. The lowest BCUT2D eigenvalue weighted by atomic mass is 9.79. The Bertz CT molecular complexity index is 229. The summed E-state index contributed by atoms with van der Waals surface area (Å²) >= 11 is 0. The van der Waals surface area contributed by atoms with Gasteiger partial charge in [0, 0.05) is 18.5 Å². The first-order chi connectivity index (χ1) is 6.34. The molecule has 2 bridgehead atoms. The summed E-state index contributed by atoms with van der Waals surface area (Å²) in [5, 5.41) is 0. The second-order valence-corrected chi connectivity index (χ2v) is 4.45. The highest BCUT2D eigenvalue weighted by atomic mass is 16.6. The molecular formula is C10H15NO2. The van der Waals surface area contributed by atoms with E-state index >= 15 is 0 Å². The number of piperidine rings is 2. The first-order valence-corrected chi connectivity index (χ1v) is 5.26. The van der Waals surface area contributed by atoms with E-state index in [9.17, 15) is 4.79 Å². The predicted molar refractivity (Wildman–Crippen MR) is 47.2 cm³/mol. The molecule has 0 aromatic heterocycles. The van der Waals surface area contributed by atoms with Crippen LogP contribution in [0.25, 0.3) is 0 Å². The molecule has 72 valence electrons. The van der Waals surface area contributed by atoms with Crippen LogP contribution in [-0.2, 0) is 9.53 Å². The first kappa shape index (κ1) is 7.80. The highest BCUT2D eigenvalue weighted by Gasteiger charge is 2.42. The van der Waals surface area contributed by atoms with Gasteiger partial charge in [-0.3, -0.25) is 4.79 Å². The Balaban J connectivity index is 1.73. The zero-order chi connectivity index (χ0) is 8.84. The van der Waals surface area contributed by atoms with Crippen LogP contribution in [0.1, 0.15) is 25.7 Å². The molecule has 0 N–H and O–H groups in total. The van der Waals surface area contributed by atoms with Crippen molar-refractivity contribution in [1.82, 2.24) is 4.90 Å². The Hall–Kier alpha value is -0.570. The van der Waals surface area contributed by atoms with Crippen molar-refractivity contribution in [3.8, 4) is 0 Å². The smallest absolute Gasteiger partial charge is 0.226 e. The highest BCUT2D eigenvalue weighted by molar-refractivity contribution is 5.80. The number of rotatable bonds is 2. The number of carbonyl (C=O) groups is 1. The summed E-state index contributed by atoms with van der Waals surface area (Å²) in [6, 6.07) is 0.543. The van der Waals surface area contributed by atoms with E-state index in [0.29, 0.717) is 24.0 Å². The molecule has 0 unspecified atom stereocenters. The second-order valence-electron chi connectivity index (χ2n) is 4.45. The summed E-state index contributed by atoms with van der Waals surface area (Å²) in [6.45, 7) is 1.72. The monoisotopic (exact) mass is 181 g/mol. The largest absolute Gasteiger partial charge is 0.371 e. The summed E-state index contributed by atoms with van der Waals surface area (Å²) < 4.78 is 5.17. The van der Waals surface area contributed by atoms with E-state index in [2.05, 4.69) is 4.90 Å². The van der Waals surface area contributed by atoms with E-state index < -0.39 is 0 Å². The molecule has 4 fully saturated rings. The van der Waals surface area contributed by atoms with E-state index in [4.69, 9.17) is 4.74 Å². The third-order valence-corrected chi connectivity index (χ3v) is 3.57. The van der Waals surface area contributed by atoms with Gasteiger partial charge in [-0.05, 0) is 25.7 Å². The summed E-state index contributed by atoms with van der Waals surface area (Å²) in [7, 11) is 0. The van der Waals surface area contributed by atoms with Crippen LogP contribution in [0, 0.1) is 5.92 Å². The molecule has 0 aromatic carbocycles. The predicted octanol–water partition coefficient (Wildman–Crippen LogP) is 0.786. The lowest BCUT2D eigenvalue weighted by Gasteiger charge is -2.44. The third-order valence-electron chi connectivity index (χ3n) is 3.57. The van der Waals surface area contributed by atoms with Crippen LogP contribution in [0.5, 0.6) is 0 Å². The van der Waals surface area contributed by atoms with Crippen molar-refractivity contribution in [2.45, 2.75) is 37.8 Å². The normalized spacial score (nSPS) is 42.6. The fourth-order valence-electron chi connectivity index (χ4n) is 2.68. The second kappa shape index (κ2) is 2.71. The average Bonchev–Trinajstić information content (AvgIpc) is 2.96. The number of nitrogens with zero attached hydrogens (tertiary/aromatic N) is 1. The Kier molecular flexibility index (Phi) is 1.62. The zero-order valence-electron chi connectivity index (χ0n) is 7.74. The Morgan fingerprint density at radius 3 is 2.54 bits per heavy atom. The molecule has 1 amide bonds. The van der Waals surface area contributed by atoms with Crippen LogP contribution < -0.4 is 0 Å². The molecular weight excluding hydrogens is 166 g/mol. The molecule has 4 rings (SSSR count). The quantitative estimate of drug-likeness (QED) is 0.590. The van der Waals surface area contributed by atoms with Crippen molar-refractivity contribution in [2.75, 3.05) is 13.2 Å². The van der Waals surface area contributed by atoms with Gasteiger partial charge in [-0.15, -0.1) is 0 Å². The van der Waals surface area contributed by atoms with Crippen LogP contribution in [-0.4, -0.2) is 36.1 Å².